The summed E-state index contributed by atoms with van der Waals surface area (Å²) in [5, 5.41) is 0. The first-order valence-corrected chi connectivity index (χ1v) is 7.15. The van der Waals surface area contributed by atoms with Crippen LogP contribution in [0.3, 0.4) is 0 Å². The van der Waals surface area contributed by atoms with E-state index in [-0.39, 0.29) is 5.41 Å². The van der Waals surface area contributed by atoms with Gasteiger partial charge in [0, 0.05) is 16.4 Å². The zero-order valence-corrected chi connectivity index (χ0v) is 11.9. The van der Waals surface area contributed by atoms with Gasteiger partial charge in [-0.3, -0.25) is 0 Å². The van der Waals surface area contributed by atoms with Crippen LogP contribution in [-0.4, -0.2) is 11.5 Å². The van der Waals surface area contributed by atoms with E-state index in [2.05, 4.69) is 69.8 Å². The minimum atomic E-state index is 0.245. The minimum Gasteiger partial charge on any atom is -0.175 e. The van der Waals surface area contributed by atoms with Gasteiger partial charge in [-0.15, -0.1) is 11.8 Å². The summed E-state index contributed by atoms with van der Waals surface area (Å²) >= 11 is 5.99. The lowest BCUT2D eigenvalue weighted by atomic mass is 9.87. The van der Waals surface area contributed by atoms with Crippen LogP contribution < -0.4 is 0 Å². The molecule has 0 aliphatic heterocycles. The van der Waals surface area contributed by atoms with Crippen molar-refractivity contribution < 1.29 is 0 Å². The van der Waals surface area contributed by atoms with Crippen molar-refractivity contribution in [3.63, 3.8) is 0 Å². The quantitative estimate of drug-likeness (QED) is 0.465. The fourth-order valence-corrected chi connectivity index (χ4v) is 2.24. The van der Waals surface area contributed by atoms with Crippen LogP contribution in [0.5, 0.6) is 0 Å². The van der Waals surface area contributed by atoms with E-state index in [4.69, 9.17) is 0 Å². The van der Waals surface area contributed by atoms with Gasteiger partial charge < -0.3 is 0 Å². The molecule has 0 saturated carbocycles. The molecule has 0 nitrogen and oxygen atoms in total. The van der Waals surface area contributed by atoms with Crippen LogP contribution in [0.2, 0.25) is 0 Å². The first kappa shape index (κ1) is 13.7. The molecule has 88 valence electrons. The maximum absolute atomic E-state index is 4.13. The molecule has 1 aromatic rings. The SMILES string of the molecule is CC(C)(C)c1ccc(SCC=CCS)cc1. The molecular weight excluding hydrogens is 232 g/mol. The van der Waals surface area contributed by atoms with Gasteiger partial charge in [-0.1, -0.05) is 45.1 Å². The highest BCUT2D eigenvalue weighted by molar-refractivity contribution is 7.99. The molecule has 1 rings (SSSR count). The predicted octanol–water partition coefficient (Wildman–Crippen LogP) is 4.56. The van der Waals surface area contributed by atoms with Gasteiger partial charge in [0.2, 0.25) is 0 Å². The third-order valence-corrected chi connectivity index (χ3v) is 3.51. The van der Waals surface area contributed by atoms with Crippen LogP contribution in [0.1, 0.15) is 26.3 Å². The number of thiol groups is 1. The normalized spacial score (nSPS) is 12.2. The summed E-state index contributed by atoms with van der Waals surface area (Å²) in [6, 6.07) is 8.87. The fourth-order valence-electron chi connectivity index (χ4n) is 1.34. The van der Waals surface area contributed by atoms with Crippen LogP contribution in [-0.2, 0) is 5.41 Å². The number of rotatable bonds is 4. The van der Waals surface area contributed by atoms with Crippen LogP contribution >= 0.6 is 24.4 Å². The van der Waals surface area contributed by atoms with Crippen molar-refractivity contribution in [1.82, 2.24) is 0 Å². The zero-order chi connectivity index (χ0) is 12.0. The van der Waals surface area contributed by atoms with Crippen molar-refractivity contribution in [2.45, 2.75) is 31.1 Å². The van der Waals surface area contributed by atoms with Gasteiger partial charge in [-0.05, 0) is 23.1 Å². The van der Waals surface area contributed by atoms with Crippen LogP contribution in [0.4, 0.5) is 0 Å². The average molecular weight is 252 g/mol. The molecule has 0 atom stereocenters. The monoisotopic (exact) mass is 252 g/mol. The average Bonchev–Trinajstić information content (AvgIpc) is 2.24. The highest BCUT2D eigenvalue weighted by Crippen LogP contribution is 2.25. The van der Waals surface area contributed by atoms with Crippen LogP contribution in [0, 0.1) is 0 Å². The molecule has 0 N–H and O–H groups in total. The fraction of sp³-hybridized carbons (Fsp3) is 0.429. The van der Waals surface area contributed by atoms with E-state index in [0.29, 0.717) is 0 Å². The van der Waals surface area contributed by atoms with Gasteiger partial charge in [-0.2, -0.15) is 12.6 Å². The highest BCUT2D eigenvalue weighted by Gasteiger charge is 2.12. The Morgan fingerprint density at radius 3 is 2.25 bits per heavy atom. The topological polar surface area (TPSA) is 0 Å². The van der Waals surface area contributed by atoms with Crippen molar-refractivity contribution in [3.8, 4) is 0 Å². The van der Waals surface area contributed by atoms with Crippen molar-refractivity contribution in [2.24, 2.45) is 0 Å². The van der Waals surface area contributed by atoms with E-state index in [1.165, 1.54) is 10.5 Å². The molecule has 0 radical (unpaired) electrons. The molecule has 16 heavy (non-hydrogen) atoms. The smallest absolute Gasteiger partial charge is 0.0161 e. The first-order valence-electron chi connectivity index (χ1n) is 5.53. The number of hydrogen-bond donors (Lipinski definition) is 1. The lowest BCUT2D eigenvalue weighted by Gasteiger charge is -2.18. The minimum absolute atomic E-state index is 0.245. The summed E-state index contributed by atoms with van der Waals surface area (Å²) in [5.41, 5.74) is 1.64. The van der Waals surface area contributed by atoms with E-state index < -0.39 is 0 Å². The number of hydrogen-bond acceptors (Lipinski definition) is 2. The Kier molecular flexibility index (Phi) is 5.50. The molecule has 2 heteroatoms. The van der Waals surface area contributed by atoms with Crippen LogP contribution in [0.15, 0.2) is 41.3 Å². The van der Waals surface area contributed by atoms with Crippen molar-refractivity contribution in [3.05, 3.63) is 42.0 Å². The third-order valence-electron chi connectivity index (χ3n) is 2.34. The Balaban J connectivity index is 2.55. The van der Waals surface area contributed by atoms with Gasteiger partial charge in [-0.25, -0.2) is 0 Å². The van der Waals surface area contributed by atoms with Gasteiger partial charge in [0.05, 0.1) is 0 Å². The lowest BCUT2D eigenvalue weighted by molar-refractivity contribution is 0.590. The van der Waals surface area contributed by atoms with E-state index in [9.17, 15) is 0 Å². The van der Waals surface area contributed by atoms with Crippen molar-refractivity contribution >= 4 is 24.4 Å². The lowest BCUT2D eigenvalue weighted by Crippen LogP contribution is -2.10. The molecule has 0 heterocycles. The van der Waals surface area contributed by atoms with Gasteiger partial charge in [0.1, 0.15) is 0 Å². The Morgan fingerprint density at radius 1 is 1.12 bits per heavy atom. The molecule has 0 saturated heterocycles. The van der Waals surface area contributed by atoms with Gasteiger partial charge in [0.25, 0.3) is 0 Å². The molecule has 0 aliphatic rings. The highest BCUT2D eigenvalue weighted by atomic mass is 32.2. The molecule has 0 spiro atoms. The summed E-state index contributed by atoms with van der Waals surface area (Å²) in [6.45, 7) is 6.72. The summed E-state index contributed by atoms with van der Waals surface area (Å²) < 4.78 is 0. The Morgan fingerprint density at radius 2 is 1.75 bits per heavy atom. The summed E-state index contributed by atoms with van der Waals surface area (Å²) in [5.74, 6) is 1.85. The largest absolute Gasteiger partial charge is 0.175 e. The zero-order valence-electron chi connectivity index (χ0n) is 10.2. The molecule has 0 aromatic heterocycles. The molecular formula is C14H20S2. The predicted molar refractivity (Wildman–Crippen MR) is 78.9 cm³/mol. The standard InChI is InChI=1S/C14H20S2/c1-14(2,3)12-6-8-13(9-7-12)16-11-5-4-10-15/h4-9,15H,10-11H2,1-3H3. The van der Waals surface area contributed by atoms with Crippen molar-refractivity contribution in [1.29, 1.82) is 0 Å². The molecule has 1 aromatic carbocycles. The Labute approximate surface area is 109 Å². The molecule has 0 bridgehead atoms. The van der Waals surface area contributed by atoms with Gasteiger partial charge >= 0.3 is 0 Å². The molecule has 0 unspecified atom stereocenters. The molecule has 0 amide bonds. The second-order valence-corrected chi connectivity index (χ2v) is 6.20. The van der Waals surface area contributed by atoms with E-state index in [0.717, 1.165) is 11.5 Å². The number of thioether (sulfide) groups is 1. The second-order valence-electron chi connectivity index (χ2n) is 4.74. The number of benzene rings is 1. The Bertz CT molecular complexity index is 331. The van der Waals surface area contributed by atoms with Crippen LogP contribution in [0.25, 0.3) is 0 Å². The first-order chi connectivity index (χ1) is 7.54. The van der Waals surface area contributed by atoms with E-state index in [1.54, 1.807) is 0 Å². The molecule has 0 fully saturated rings. The summed E-state index contributed by atoms with van der Waals surface area (Å²) in [6.07, 6.45) is 4.25. The van der Waals surface area contributed by atoms with Gasteiger partial charge in [0.15, 0.2) is 0 Å². The molecule has 0 aliphatic carbocycles. The third kappa shape index (κ3) is 4.67. The maximum atomic E-state index is 4.13. The van der Waals surface area contributed by atoms with Crippen molar-refractivity contribution in [2.75, 3.05) is 11.5 Å². The summed E-state index contributed by atoms with van der Waals surface area (Å²) in [4.78, 5) is 1.33. The Hall–Kier alpha value is -0.340. The maximum Gasteiger partial charge on any atom is 0.0161 e. The van der Waals surface area contributed by atoms with E-state index >= 15 is 0 Å². The summed E-state index contributed by atoms with van der Waals surface area (Å²) in [7, 11) is 0. The van der Waals surface area contributed by atoms with E-state index in [1.807, 2.05) is 11.8 Å². The second kappa shape index (κ2) is 6.41.